The van der Waals surface area contributed by atoms with Gasteiger partial charge in [-0.2, -0.15) is 0 Å². The Bertz CT molecular complexity index is 888. The van der Waals surface area contributed by atoms with Crippen molar-refractivity contribution in [1.82, 2.24) is 10.6 Å². The van der Waals surface area contributed by atoms with Gasteiger partial charge in [0.2, 0.25) is 5.91 Å². The number of nitrogens with one attached hydrogen (secondary N) is 2. The second-order valence-corrected chi connectivity index (χ2v) is 6.73. The molecule has 0 bridgehead atoms. The highest BCUT2D eigenvalue weighted by atomic mass is 127. The number of carbonyl (C=O) groups excluding carboxylic acids is 1. The van der Waals surface area contributed by atoms with Crippen molar-refractivity contribution in [2.75, 3.05) is 39.3 Å². The molecule has 0 fully saturated rings. The Labute approximate surface area is 194 Å². The summed E-state index contributed by atoms with van der Waals surface area (Å²) in [5, 5.41) is 6.33. The molecule has 0 saturated heterocycles. The highest BCUT2D eigenvalue weighted by molar-refractivity contribution is 14.0. The summed E-state index contributed by atoms with van der Waals surface area (Å²) >= 11 is 0. The zero-order valence-electron chi connectivity index (χ0n) is 17.6. The molecule has 2 aromatic rings. The van der Waals surface area contributed by atoms with Crippen LogP contribution < -0.4 is 25.0 Å². The first-order valence-electron chi connectivity index (χ1n) is 9.70. The Hall–Kier alpha value is -2.49. The van der Waals surface area contributed by atoms with Crippen LogP contribution in [-0.2, 0) is 17.8 Å². The molecule has 0 atom stereocenters. The fourth-order valence-electron chi connectivity index (χ4n) is 3.44. The standard InChI is InChI=1S/C22H28N4O3.HI/c1-23-22(24-14-17-10-11-18(28-2)13-20(17)29-3)25-15-21(27)26-12-6-8-16-7-4-5-9-19(16)26;/h4-5,7,9-11,13H,6,8,12,14-15H2,1-3H3,(H2,23,24,25);1H. The van der Waals surface area contributed by atoms with Gasteiger partial charge in [0.05, 0.1) is 20.8 Å². The molecule has 1 aliphatic heterocycles. The van der Waals surface area contributed by atoms with Crippen molar-refractivity contribution >= 4 is 41.5 Å². The number of fused-ring (bicyclic) bond motifs is 1. The number of guanidine groups is 1. The zero-order valence-corrected chi connectivity index (χ0v) is 19.9. The summed E-state index contributed by atoms with van der Waals surface area (Å²) < 4.78 is 10.7. The number of hydrogen-bond donors (Lipinski definition) is 2. The summed E-state index contributed by atoms with van der Waals surface area (Å²) in [4.78, 5) is 18.8. The average Bonchev–Trinajstić information content (AvgIpc) is 2.78. The van der Waals surface area contributed by atoms with E-state index in [2.05, 4.69) is 21.7 Å². The van der Waals surface area contributed by atoms with E-state index in [-0.39, 0.29) is 36.4 Å². The number of para-hydroxylation sites is 1. The van der Waals surface area contributed by atoms with Gasteiger partial charge in [0, 0.05) is 37.5 Å². The number of hydrogen-bond acceptors (Lipinski definition) is 4. The first-order valence-corrected chi connectivity index (χ1v) is 9.70. The lowest BCUT2D eigenvalue weighted by Gasteiger charge is -2.29. The molecule has 1 amide bonds. The van der Waals surface area contributed by atoms with Crippen LogP contribution in [0.1, 0.15) is 17.5 Å². The Morgan fingerprint density at radius 1 is 1.13 bits per heavy atom. The number of nitrogens with zero attached hydrogens (tertiary/aromatic N) is 2. The number of carbonyl (C=O) groups is 1. The van der Waals surface area contributed by atoms with Crippen LogP contribution in [0.5, 0.6) is 11.5 Å². The maximum atomic E-state index is 12.8. The van der Waals surface area contributed by atoms with Gasteiger partial charge in [-0.25, -0.2) is 0 Å². The molecule has 8 heteroatoms. The van der Waals surface area contributed by atoms with Crippen molar-refractivity contribution in [2.45, 2.75) is 19.4 Å². The molecule has 30 heavy (non-hydrogen) atoms. The van der Waals surface area contributed by atoms with Gasteiger partial charge in [0.15, 0.2) is 5.96 Å². The van der Waals surface area contributed by atoms with E-state index in [0.29, 0.717) is 12.5 Å². The van der Waals surface area contributed by atoms with E-state index in [1.165, 1.54) is 5.56 Å². The first kappa shape index (κ1) is 23.8. The van der Waals surface area contributed by atoms with Crippen LogP contribution in [0.4, 0.5) is 5.69 Å². The fourth-order valence-corrected chi connectivity index (χ4v) is 3.44. The highest BCUT2D eigenvalue weighted by Crippen LogP contribution is 2.26. The molecule has 7 nitrogen and oxygen atoms in total. The van der Waals surface area contributed by atoms with E-state index in [0.717, 1.165) is 42.1 Å². The minimum atomic E-state index is 0. The van der Waals surface area contributed by atoms with Crippen LogP contribution in [0, 0.1) is 0 Å². The molecular formula is C22H29IN4O3. The Balaban J connectivity index is 0.00000320. The van der Waals surface area contributed by atoms with Crippen LogP contribution in [0.15, 0.2) is 47.5 Å². The quantitative estimate of drug-likeness (QED) is 0.346. The summed E-state index contributed by atoms with van der Waals surface area (Å²) in [6.07, 6.45) is 1.99. The van der Waals surface area contributed by atoms with Crippen molar-refractivity contribution in [3.63, 3.8) is 0 Å². The van der Waals surface area contributed by atoms with Crippen LogP contribution in [0.2, 0.25) is 0 Å². The van der Waals surface area contributed by atoms with E-state index in [9.17, 15) is 4.79 Å². The van der Waals surface area contributed by atoms with Crippen molar-refractivity contribution in [3.8, 4) is 11.5 Å². The van der Waals surface area contributed by atoms with Crippen LogP contribution >= 0.6 is 24.0 Å². The summed E-state index contributed by atoms with van der Waals surface area (Å²) in [6, 6.07) is 13.7. The van der Waals surface area contributed by atoms with Crippen LogP contribution in [0.25, 0.3) is 0 Å². The van der Waals surface area contributed by atoms with Gasteiger partial charge in [-0.15, -0.1) is 24.0 Å². The number of aliphatic imine (C=N–C) groups is 1. The number of rotatable bonds is 6. The minimum absolute atomic E-state index is 0. The number of amides is 1. The number of aryl methyl sites for hydroxylation is 1. The van der Waals surface area contributed by atoms with Gasteiger partial charge in [-0.3, -0.25) is 9.79 Å². The van der Waals surface area contributed by atoms with Crippen molar-refractivity contribution in [2.24, 2.45) is 4.99 Å². The van der Waals surface area contributed by atoms with Gasteiger partial charge in [0.1, 0.15) is 11.5 Å². The third-order valence-electron chi connectivity index (χ3n) is 4.98. The van der Waals surface area contributed by atoms with Crippen molar-refractivity contribution in [1.29, 1.82) is 0 Å². The highest BCUT2D eigenvalue weighted by Gasteiger charge is 2.22. The Morgan fingerprint density at radius 3 is 2.67 bits per heavy atom. The summed E-state index contributed by atoms with van der Waals surface area (Å²) in [5.41, 5.74) is 3.20. The van der Waals surface area contributed by atoms with Gasteiger partial charge in [-0.05, 0) is 36.6 Å². The summed E-state index contributed by atoms with van der Waals surface area (Å²) in [7, 11) is 4.93. The number of halogens is 1. The normalized spacial score (nSPS) is 13.0. The van der Waals surface area contributed by atoms with Crippen molar-refractivity contribution < 1.29 is 14.3 Å². The van der Waals surface area contributed by atoms with E-state index in [1.54, 1.807) is 21.3 Å². The second-order valence-electron chi connectivity index (χ2n) is 6.73. The van der Waals surface area contributed by atoms with Gasteiger partial charge in [0.25, 0.3) is 0 Å². The number of methoxy groups -OCH3 is 2. The number of ether oxygens (including phenoxy) is 2. The molecule has 0 unspecified atom stereocenters. The molecular weight excluding hydrogens is 495 g/mol. The predicted octanol–water partition coefficient (Wildman–Crippen LogP) is 2.97. The van der Waals surface area contributed by atoms with Gasteiger partial charge in [-0.1, -0.05) is 18.2 Å². The lowest BCUT2D eigenvalue weighted by molar-refractivity contribution is -0.117. The Morgan fingerprint density at radius 2 is 1.93 bits per heavy atom. The minimum Gasteiger partial charge on any atom is -0.497 e. The van der Waals surface area contributed by atoms with Gasteiger partial charge >= 0.3 is 0 Å². The SMILES string of the molecule is CN=C(NCC(=O)N1CCCc2ccccc21)NCc1ccc(OC)cc1OC.I. The average molecular weight is 524 g/mol. The molecule has 0 radical (unpaired) electrons. The molecule has 3 rings (SSSR count). The molecule has 0 aliphatic carbocycles. The molecule has 2 N–H and O–H groups in total. The maximum Gasteiger partial charge on any atom is 0.246 e. The lowest BCUT2D eigenvalue weighted by atomic mass is 10.0. The van der Waals surface area contributed by atoms with Gasteiger partial charge < -0.3 is 25.0 Å². The first-order chi connectivity index (χ1) is 14.2. The maximum absolute atomic E-state index is 12.8. The molecule has 0 saturated carbocycles. The summed E-state index contributed by atoms with van der Waals surface area (Å²) in [5.74, 6) is 2.05. The molecule has 1 heterocycles. The largest absolute Gasteiger partial charge is 0.497 e. The van der Waals surface area contributed by atoms with E-state index >= 15 is 0 Å². The third kappa shape index (κ3) is 5.78. The molecule has 1 aliphatic rings. The fraction of sp³-hybridized carbons (Fsp3) is 0.364. The van der Waals surface area contributed by atoms with E-state index in [4.69, 9.17) is 9.47 Å². The monoisotopic (exact) mass is 524 g/mol. The van der Waals surface area contributed by atoms with Crippen molar-refractivity contribution in [3.05, 3.63) is 53.6 Å². The molecule has 2 aromatic carbocycles. The summed E-state index contributed by atoms with van der Waals surface area (Å²) in [6.45, 7) is 1.42. The number of benzene rings is 2. The number of anilines is 1. The predicted molar refractivity (Wildman–Crippen MR) is 130 cm³/mol. The zero-order chi connectivity index (χ0) is 20.6. The van der Waals surface area contributed by atoms with Crippen LogP contribution in [0.3, 0.4) is 0 Å². The topological polar surface area (TPSA) is 75.2 Å². The van der Waals surface area contributed by atoms with Crippen LogP contribution in [-0.4, -0.2) is 46.2 Å². The lowest BCUT2D eigenvalue weighted by Crippen LogP contribution is -2.45. The third-order valence-corrected chi connectivity index (χ3v) is 4.98. The van der Waals surface area contributed by atoms with E-state index in [1.807, 2.05) is 41.3 Å². The molecule has 0 aromatic heterocycles. The van der Waals surface area contributed by atoms with E-state index < -0.39 is 0 Å². The smallest absolute Gasteiger partial charge is 0.246 e. The molecule has 0 spiro atoms. The molecule has 162 valence electrons. The second kappa shape index (κ2) is 11.6. The Kier molecular flexibility index (Phi) is 9.22.